The molecule has 0 aliphatic carbocycles. The highest BCUT2D eigenvalue weighted by molar-refractivity contribution is 5.80. The van der Waals surface area contributed by atoms with E-state index in [1.54, 1.807) is 0 Å². The highest BCUT2D eigenvalue weighted by Crippen LogP contribution is 2.23. The molecule has 0 spiro atoms. The van der Waals surface area contributed by atoms with E-state index < -0.39 is 0 Å². The number of hydrogen-bond donors (Lipinski definition) is 1. The smallest absolute Gasteiger partial charge is 0.194 e. The van der Waals surface area contributed by atoms with Crippen LogP contribution >= 0.6 is 0 Å². The molecule has 1 atom stereocenters. The first-order chi connectivity index (χ1) is 13.1. The third-order valence-electron chi connectivity index (χ3n) is 4.98. The maximum Gasteiger partial charge on any atom is 0.194 e. The maximum absolute atomic E-state index is 5.30. The molecule has 1 aliphatic rings. The van der Waals surface area contributed by atoms with Crippen molar-refractivity contribution in [2.45, 2.75) is 33.6 Å². The minimum absolute atomic E-state index is 0.278. The molecule has 7 nitrogen and oxygen atoms in total. The molecule has 1 fully saturated rings. The van der Waals surface area contributed by atoms with Crippen molar-refractivity contribution in [3.05, 3.63) is 41.4 Å². The number of nitrogens with zero attached hydrogens (tertiary/aromatic N) is 5. The standard InChI is InChI=1S/C20H30N6O/c1-5-21-20(23-14-15(2)19-16(3)24-27-17(19)4)26-12-10-25(11-13-26)18-8-6-7-9-22-18/h6-9,15H,5,10-14H2,1-4H3,(H,21,23). The van der Waals surface area contributed by atoms with Gasteiger partial charge in [-0.05, 0) is 32.9 Å². The zero-order valence-electron chi connectivity index (χ0n) is 16.8. The van der Waals surface area contributed by atoms with Crippen LogP contribution in [0.1, 0.15) is 36.8 Å². The molecule has 7 heteroatoms. The van der Waals surface area contributed by atoms with Crippen molar-refractivity contribution in [3.63, 3.8) is 0 Å². The summed E-state index contributed by atoms with van der Waals surface area (Å²) in [7, 11) is 0. The van der Waals surface area contributed by atoms with Gasteiger partial charge in [-0.15, -0.1) is 0 Å². The SMILES string of the molecule is CCNC(=NCC(C)c1c(C)noc1C)N1CCN(c2ccccn2)CC1. The Balaban J connectivity index is 1.63. The Hall–Kier alpha value is -2.57. The van der Waals surface area contributed by atoms with Gasteiger partial charge in [0.15, 0.2) is 5.96 Å². The molecule has 2 aromatic heterocycles. The van der Waals surface area contributed by atoms with E-state index in [4.69, 9.17) is 9.52 Å². The van der Waals surface area contributed by atoms with E-state index in [-0.39, 0.29) is 5.92 Å². The van der Waals surface area contributed by atoms with Gasteiger partial charge in [-0.1, -0.05) is 18.1 Å². The van der Waals surface area contributed by atoms with Gasteiger partial charge in [0.2, 0.25) is 0 Å². The lowest BCUT2D eigenvalue weighted by Gasteiger charge is -2.37. The molecule has 27 heavy (non-hydrogen) atoms. The van der Waals surface area contributed by atoms with Crippen LogP contribution in [0.5, 0.6) is 0 Å². The summed E-state index contributed by atoms with van der Waals surface area (Å²) in [5, 5.41) is 7.51. The van der Waals surface area contributed by atoms with E-state index in [0.29, 0.717) is 6.54 Å². The first-order valence-electron chi connectivity index (χ1n) is 9.72. The van der Waals surface area contributed by atoms with Crippen molar-refractivity contribution < 1.29 is 4.52 Å². The fraction of sp³-hybridized carbons (Fsp3) is 0.550. The quantitative estimate of drug-likeness (QED) is 0.644. The van der Waals surface area contributed by atoms with Crippen molar-refractivity contribution in [1.29, 1.82) is 0 Å². The topological polar surface area (TPSA) is 69.8 Å². The number of hydrogen-bond acceptors (Lipinski definition) is 5. The average Bonchev–Trinajstić information content (AvgIpc) is 3.04. The fourth-order valence-corrected chi connectivity index (χ4v) is 3.62. The number of piperazine rings is 1. The Morgan fingerprint density at radius 1 is 1.26 bits per heavy atom. The summed E-state index contributed by atoms with van der Waals surface area (Å²) < 4.78 is 5.30. The second-order valence-corrected chi connectivity index (χ2v) is 7.00. The minimum Gasteiger partial charge on any atom is -0.361 e. The summed E-state index contributed by atoms with van der Waals surface area (Å²) >= 11 is 0. The summed E-state index contributed by atoms with van der Waals surface area (Å²) in [5.41, 5.74) is 2.14. The van der Waals surface area contributed by atoms with Crippen LogP contribution in [0.15, 0.2) is 33.9 Å². The molecule has 0 radical (unpaired) electrons. The number of aliphatic imine (C=N–C) groups is 1. The number of pyridine rings is 1. The van der Waals surface area contributed by atoms with Gasteiger partial charge < -0.3 is 19.6 Å². The van der Waals surface area contributed by atoms with Crippen molar-refractivity contribution in [2.24, 2.45) is 4.99 Å². The van der Waals surface area contributed by atoms with Gasteiger partial charge in [-0.25, -0.2) is 4.98 Å². The second-order valence-electron chi connectivity index (χ2n) is 7.00. The summed E-state index contributed by atoms with van der Waals surface area (Å²) in [6.07, 6.45) is 1.85. The Kier molecular flexibility index (Phi) is 6.32. The molecule has 146 valence electrons. The summed E-state index contributed by atoms with van der Waals surface area (Å²) in [5.74, 6) is 3.20. The van der Waals surface area contributed by atoms with Crippen LogP contribution in [-0.2, 0) is 0 Å². The largest absolute Gasteiger partial charge is 0.361 e. The Morgan fingerprint density at radius 3 is 2.63 bits per heavy atom. The van der Waals surface area contributed by atoms with Crippen molar-refractivity contribution in [1.82, 2.24) is 20.4 Å². The van der Waals surface area contributed by atoms with Gasteiger partial charge in [-0.3, -0.25) is 4.99 Å². The lowest BCUT2D eigenvalue weighted by molar-refractivity contribution is 0.371. The van der Waals surface area contributed by atoms with Crippen molar-refractivity contribution >= 4 is 11.8 Å². The molecular formula is C20H30N6O. The van der Waals surface area contributed by atoms with Crippen LogP contribution < -0.4 is 10.2 Å². The number of guanidine groups is 1. The van der Waals surface area contributed by atoms with Crippen LogP contribution in [0.4, 0.5) is 5.82 Å². The monoisotopic (exact) mass is 370 g/mol. The Morgan fingerprint density at radius 2 is 2.04 bits per heavy atom. The van der Waals surface area contributed by atoms with Crippen LogP contribution in [0.25, 0.3) is 0 Å². The van der Waals surface area contributed by atoms with E-state index in [1.165, 1.54) is 5.56 Å². The maximum atomic E-state index is 5.30. The van der Waals surface area contributed by atoms with Crippen LogP contribution in [0.3, 0.4) is 0 Å². The molecule has 0 saturated carbocycles. The average molecular weight is 371 g/mol. The molecule has 1 unspecified atom stereocenters. The Bertz CT molecular complexity index is 730. The lowest BCUT2D eigenvalue weighted by Crippen LogP contribution is -2.52. The van der Waals surface area contributed by atoms with Gasteiger partial charge in [0.1, 0.15) is 11.6 Å². The van der Waals surface area contributed by atoms with Gasteiger partial charge >= 0.3 is 0 Å². The third kappa shape index (κ3) is 4.59. The normalized spacial score (nSPS) is 16.5. The number of rotatable bonds is 5. The Labute approximate surface area is 161 Å². The van der Waals surface area contributed by atoms with E-state index in [0.717, 1.165) is 56.0 Å². The van der Waals surface area contributed by atoms with Crippen LogP contribution in [-0.4, -0.2) is 60.3 Å². The predicted molar refractivity (Wildman–Crippen MR) is 108 cm³/mol. The van der Waals surface area contributed by atoms with Gasteiger partial charge in [0.25, 0.3) is 0 Å². The highest BCUT2D eigenvalue weighted by Gasteiger charge is 2.21. The second kappa shape index (κ2) is 8.88. The zero-order chi connectivity index (χ0) is 19.2. The molecule has 0 aromatic carbocycles. The molecule has 2 aromatic rings. The molecule has 0 bridgehead atoms. The lowest BCUT2D eigenvalue weighted by atomic mass is 10.00. The third-order valence-corrected chi connectivity index (χ3v) is 4.98. The molecular weight excluding hydrogens is 340 g/mol. The molecule has 1 aliphatic heterocycles. The molecule has 1 N–H and O–H groups in total. The molecule has 3 heterocycles. The zero-order valence-corrected chi connectivity index (χ0v) is 16.8. The predicted octanol–water partition coefficient (Wildman–Crippen LogP) is 2.58. The minimum atomic E-state index is 0.278. The summed E-state index contributed by atoms with van der Waals surface area (Å²) in [6.45, 7) is 13.6. The van der Waals surface area contributed by atoms with Gasteiger partial charge in [0.05, 0.1) is 5.69 Å². The first kappa shape index (κ1) is 19.2. The summed E-state index contributed by atoms with van der Waals surface area (Å²) in [6, 6.07) is 6.06. The molecule has 0 amide bonds. The molecule has 3 rings (SSSR count). The van der Waals surface area contributed by atoms with E-state index in [1.807, 2.05) is 32.2 Å². The van der Waals surface area contributed by atoms with Crippen molar-refractivity contribution in [2.75, 3.05) is 44.2 Å². The number of anilines is 1. The van der Waals surface area contributed by atoms with E-state index in [2.05, 4.69) is 45.2 Å². The number of aryl methyl sites for hydroxylation is 2. The number of nitrogens with one attached hydrogen (secondary N) is 1. The van der Waals surface area contributed by atoms with Crippen LogP contribution in [0, 0.1) is 13.8 Å². The summed E-state index contributed by atoms with van der Waals surface area (Å²) in [4.78, 5) is 14.0. The van der Waals surface area contributed by atoms with Crippen LogP contribution in [0.2, 0.25) is 0 Å². The fourth-order valence-electron chi connectivity index (χ4n) is 3.62. The van der Waals surface area contributed by atoms with Gasteiger partial charge in [-0.2, -0.15) is 0 Å². The van der Waals surface area contributed by atoms with E-state index >= 15 is 0 Å². The van der Waals surface area contributed by atoms with E-state index in [9.17, 15) is 0 Å². The highest BCUT2D eigenvalue weighted by atomic mass is 16.5. The van der Waals surface area contributed by atoms with Crippen molar-refractivity contribution in [3.8, 4) is 0 Å². The number of aromatic nitrogens is 2. The first-order valence-corrected chi connectivity index (χ1v) is 9.72. The van der Waals surface area contributed by atoms with Gasteiger partial charge in [0, 0.05) is 56.9 Å². The molecule has 1 saturated heterocycles.